The molecule has 31 heavy (non-hydrogen) atoms. The highest BCUT2D eigenvalue weighted by molar-refractivity contribution is 9.10. The first kappa shape index (κ1) is 21.2. The molecule has 0 atom stereocenters. The van der Waals surface area contributed by atoms with Crippen molar-refractivity contribution in [3.8, 4) is 0 Å². The zero-order valence-corrected chi connectivity index (χ0v) is 19.5. The number of nitrogens with one attached hydrogen (secondary N) is 2. The van der Waals surface area contributed by atoms with Crippen molar-refractivity contribution >= 4 is 49.7 Å². The number of halogens is 2. The van der Waals surface area contributed by atoms with Crippen LogP contribution in [0, 0.1) is 0 Å². The zero-order valence-electron chi connectivity index (χ0n) is 16.3. The van der Waals surface area contributed by atoms with Crippen LogP contribution in [0.3, 0.4) is 0 Å². The van der Waals surface area contributed by atoms with E-state index in [1.807, 2.05) is 48.5 Å². The maximum atomic E-state index is 13.0. The van der Waals surface area contributed by atoms with Crippen LogP contribution in [0.4, 0.5) is 11.9 Å². The number of benzene rings is 2. The largest absolute Gasteiger partial charge is 0.350 e. The number of carbonyl (C=O) groups excluding carboxylic acids is 1. The molecule has 0 amide bonds. The third-order valence-corrected chi connectivity index (χ3v) is 5.49. The molecule has 7 nitrogen and oxygen atoms in total. The van der Waals surface area contributed by atoms with E-state index in [1.165, 1.54) is 10.9 Å². The molecule has 2 aromatic carbocycles. The number of carbonyl (C=O) groups is 1. The topological polar surface area (TPSA) is 84.7 Å². The quantitative estimate of drug-likeness (QED) is 0.338. The molecule has 2 heterocycles. The molecule has 0 aliphatic rings. The minimum Gasteiger partial charge on any atom is -0.350 e. The summed E-state index contributed by atoms with van der Waals surface area (Å²) in [5.41, 5.74) is 2.55. The van der Waals surface area contributed by atoms with Gasteiger partial charge in [0.15, 0.2) is 0 Å². The van der Waals surface area contributed by atoms with Gasteiger partial charge in [0.2, 0.25) is 11.9 Å². The highest BCUT2D eigenvalue weighted by atomic mass is 79.9. The van der Waals surface area contributed by atoms with Gasteiger partial charge in [0.05, 0.1) is 5.56 Å². The van der Waals surface area contributed by atoms with E-state index in [4.69, 9.17) is 0 Å². The van der Waals surface area contributed by atoms with Crippen LogP contribution in [0.15, 0.2) is 82.0 Å². The van der Waals surface area contributed by atoms with Gasteiger partial charge in [-0.3, -0.25) is 9.78 Å². The second-order valence-electron chi connectivity index (χ2n) is 6.68. The average molecular weight is 542 g/mol. The van der Waals surface area contributed by atoms with Crippen molar-refractivity contribution in [1.29, 1.82) is 0 Å². The minimum absolute atomic E-state index is 0.310. The van der Waals surface area contributed by atoms with Crippen LogP contribution in [-0.2, 0) is 13.1 Å². The lowest BCUT2D eigenvalue weighted by atomic mass is 10.2. The Kier molecular flexibility index (Phi) is 6.73. The Balaban J connectivity index is 1.55. The average Bonchev–Trinajstić information content (AvgIpc) is 3.21. The fourth-order valence-corrected chi connectivity index (χ4v) is 3.35. The maximum Gasteiger partial charge on any atom is 0.283 e. The molecule has 156 valence electrons. The smallest absolute Gasteiger partial charge is 0.283 e. The third-order valence-electron chi connectivity index (χ3n) is 4.44. The molecule has 0 aliphatic carbocycles. The van der Waals surface area contributed by atoms with Gasteiger partial charge in [0.1, 0.15) is 0 Å². The first-order valence-corrected chi connectivity index (χ1v) is 11.1. The summed E-state index contributed by atoms with van der Waals surface area (Å²) in [5.74, 6) is 0.407. The van der Waals surface area contributed by atoms with E-state index >= 15 is 0 Å². The van der Waals surface area contributed by atoms with Gasteiger partial charge in [0, 0.05) is 34.4 Å². The number of aromatic nitrogens is 4. The van der Waals surface area contributed by atoms with E-state index in [0.717, 1.165) is 20.1 Å². The zero-order chi connectivity index (χ0) is 21.6. The first-order valence-electron chi connectivity index (χ1n) is 9.47. The number of rotatable bonds is 7. The predicted molar refractivity (Wildman–Crippen MR) is 127 cm³/mol. The van der Waals surface area contributed by atoms with Gasteiger partial charge < -0.3 is 10.6 Å². The molecule has 0 saturated carbocycles. The number of anilines is 2. The van der Waals surface area contributed by atoms with Crippen molar-refractivity contribution in [2.24, 2.45) is 0 Å². The maximum absolute atomic E-state index is 13.0. The second kappa shape index (κ2) is 9.84. The van der Waals surface area contributed by atoms with Gasteiger partial charge in [0.25, 0.3) is 5.91 Å². The standard InChI is InChI=1S/C22H18Br2N6O/c23-18-7-3-15(4-8-18)12-26-21-28-22(27-13-16-5-9-19(24)10-6-16)30(29-21)20(31)17-2-1-11-25-14-17/h1-11,14H,12-13H2,(H2,26,27,28,29). The summed E-state index contributed by atoms with van der Waals surface area (Å²) in [6.07, 6.45) is 3.13. The van der Waals surface area contributed by atoms with Crippen molar-refractivity contribution in [3.05, 3.63) is 98.7 Å². The van der Waals surface area contributed by atoms with Gasteiger partial charge in [-0.25, -0.2) is 0 Å². The highest BCUT2D eigenvalue weighted by Crippen LogP contribution is 2.16. The number of pyridine rings is 1. The normalized spacial score (nSPS) is 10.6. The first-order chi connectivity index (χ1) is 15.1. The van der Waals surface area contributed by atoms with Crippen LogP contribution in [-0.4, -0.2) is 25.7 Å². The Labute approximate surface area is 196 Å². The molecule has 0 radical (unpaired) electrons. The molecule has 4 rings (SSSR count). The Bertz CT molecular complexity index is 1160. The molecule has 0 spiro atoms. The Morgan fingerprint density at radius 3 is 2.06 bits per heavy atom. The Hall–Kier alpha value is -3.04. The van der Waals surface area contributed by atoms with E-state index in [1.54, 1.807) is 18.3 Å². The molecule has 0 aliphatic heterocycles. The lowest BCUT2D eigenvalue weighted by Gasteiger charge is -2.07. The lowest BCUT2D eigenvalue weighted by molar-refractivity contribution is 0.0947. The van der Waals surface area contributed by atoms with E-state index in [0.29, 0.717) is 30.5 Å². The summed E-state index contributed by atoms with van der Waals surface area (Å²) in [5, 5.41) is 10.8. The van der Waals surface area contributed by atoms with Gasteiger partial charge >= 0.3 is 0 Å². The van der Waals surface area contributed by atoms with Crippen molar-refractivity contribution in [1.82, 2.24) is 19.7 Å². The Morgan fingerprint density at radius 1 is 0.871 bits per heavy atom. The summed E-state index contributed by atoms with van der Waals surface area (Å²) in [7, 11) is 0. The van der Waals surface area contributed by atoms with Crippen molar-refractivity contribution in [3.63, 3.8) is 0 Å². The van der Waals surface area contributed by atoms with Crippen LogP contribution >= 0.6 is 31.9 Å². The van der Waals surface area contributed by atoms with Crippen molar-refractivity contribution in [2.75, 3.05) is 10.6 Å². The van der Waals surface area contributed by atoms with Crippen LogP contribution in [0.25, 0.3) is 0 Å². The van der Waals surface area contributed by atoms with Gasteiger partial charge in [-0.15, -0.1) is 5.10 Å². The van der Waals surface area contributed by atoms with Crippen LogP contribution < -0.4 is 10.6 Å². The number of nitrogens with zero attached hydrogens (tertiary/aromatic N) is 4. The Morgan fingerprint density at radius 2 is 1.48 bits per heavy atom. The fourth-order valence-electron chi connectivity index (χ4n) is 2.82. The molecule has 0 fully saturated rings. The van der Waals surface area contributed by atoms with E-state index in [2.05, 4.69) is 57.6 Å². The molecule has 0 saturated heterocycles. The van der Waals surface area contributed by atoms with Crippen LogP contribution in [0.2, 0.25) is 0 Å². The molecule has 2 N–H and O–H groups in total. The molecular weight excluding hydrogens is 524 g/mol. The predicted octanol–water partition coefficient (Wildman–Crippen LogP) is 5.11. The van der Waals surface area contributed by atoms with Crippen molar-refractivity contribution in [2.45, 2.75) is 13.1 Å². The number of hydrogen-bond acceptors (Lipinski definition) is 6. The molecule has 9 heteroatoms. The monoisotopic (exact) mass is 540 g/mol. The van der Waals surface area contributed by atoms with Gasteiger partial charge in [-0.2, -0.15) is 9.67 Å². The van der Waals surface area contributed by atoms with E-state index < -0.39 is 0 Å². The summed E-state index contributed by atoms with van der Waals surface area (Å²) >= 11 is 6.86. The summed E-state index contributed by atoms with van der Waals surface area (Å²) in [6, 6.07) is 19.3. The highest BCUT2D eigenvalue weighted by Gasteiger charge is 2.18. The molecular formula is C22H18Br2N6O. The van der Waals surface area contributed by atoms with Crippen LogP contribution in [0.5, 0.6) is 0 Å². The molecule has 0 unspecified atom stereocenters. The van der Waals surface area contributed by atoms with Crippen LogP contribution in [0.1, 0.15) is 21.5 Å². The lowest BCUT2D eigenvalue weighted by Crippen LogP contribution is -2.17. The van der Waals surface area contributed by atoms with Crippen molar-refractivity contribution < 1.29 is 4.79 Å². The summed E-state index contributed by atoms with van der Waals surface area (Å²) in [6.45, 7) is 1.03. The van der Waals surface area contributed by atoms with Gasteiger partial charge in [-0.1, -0.05) is 56.1 Å². The molecule has 2 aromatic heterocycles. The third kappa shape index (κ3) is 5.56. The minimum atomic E-state index is -0.310. The van der Waals surface area contributed by atoms with Gasteiger partial charge in [-0.05, 0) is 47.5 Å². The summed E-state index contributed by atoms with van der Waals surface area (Å²) < 4.78 is 3.28. The second-order valence-corrected chi connectivity index (χ2v) is 8.51. The SMILES string of the molecule is O=C(c1cccnc1)n1nc(NCc2ccc(Br)cc2)nc1NCc1ccc(Br)cc1. The van der Waals surface area contributed by atoms with E-state index in [-0.39, 0.29) is 5.91 Å². The fraction of sp³-hybridized carbons (Fsp3) is 0.0909. The molecule has 0 bridgehead atoms. The summed E-state index contributed by atoms with van der Waals surface area (Å²) in [4.78, 5) is 21.5. The number of hydrogen-bond donors (Lipinski definition) is 2. The molecule has 4 aromatic rings. The van der Waals surface area contributed by atoms with E-state index in [9.17, 15) is 4.79 Å².